The molecule has 0 fully saturated rings. The molecule has 0 bridgehead atoms. The van der Waals surface area contributed by atoms with E-state index in [9.17, 15) is 0 Å². The van der Waals surface area contributed by atoms with Crippen molar-refractivity contribution >= 4 is 19.0 Å². The minimum atomic E-state index is 0. The second-order valence-electron chi connectivity index (χ2n) is 7.31. The second kappa shape index (κ2) is 25.6. The standard InChI is InChI=1S/C11H17.C8H11.2C2H7Si.2ClH.Zr/c1-8(2)10-5-6-11(7-10)9(3)4;1-7(2)8-5-3-4-6-8;2*1-3-2;;;/h5-9H,1-4H3;3-7H,1-2H3;2*3H,1-2H3;2*1H;/q2*-1;;;;;+2/p-2. The molecule has 0 amide bonds. The zero-order valence-electron chi connectivity index (χ0n) is 19.7. The van der Waals surface area contributed by atoms with Crippen LogP contribution < -0.4 is 24.8 Å². The van der Waals surface area contributed by atoms with Gasteiger partial charge in [0.2, 0.25) is 0 Å². The molecule has 0 N–H and O–H groups in total. The Morgan fingerprint density at radius 2 is 1.14 bits per heavy atom. The summed E-state index contributed by atoms with van der Waals surface area (Å²) in [5, 5.41) is 0. The predicted molar refractivity (Wildman–Crippen MR) is 124 cm³/mol. The van der Waals surface area contributed by atoms with E-state index in [1.165, 1.54) is 16.7 Å². The predicted octanol–water partition coefficient (Wildman–Crippen LogP) is 1.22. The molecular formula is C23H42Cl2Si2Zr-2. The monoisotopic (exact) mass is 534 g/mol. The number of hydrogen-bond acceptors (Lipinski definition) is 0. The smallest absolute Gasteiger partial charge is 1.00 e. The maximum atomic E-state index is 2.31. The third kappa shape index (κ3) is 21.3. The Balaban J connectivity index is -0.0000000925. The van der Waals surface area contributed by atoms with Crippen molar-refractivity contribution in [2.45, 2.75) is 85.5 Å². The summed E-state index contributed by atoms with van der Waals surface area (Å²) in [4.78, 5) is 0. The Kier molecular flexibility index (Phi) is 35.8. The van der Waals surface area contributed by atoms with Crippen molar-refractivity contribution in [3.8, 4) is 0 Å². The molecule has 0 saturated carbocycles. The summed E-state index contributed by atoms with van der Waals surface area (Å²) in [6, 6.07) is 15.3. The topological polar surface area (TPSA) is 0 Å². The Bertz CT molecular complexity index is 468. The Labute approximate surface area is 213 Å². The summed E-state index contributed by atoms with van der Waals surface area (Å²) >= 11 is 0. The summed E-state index contributed by atoms with van der Waals surface area (Å²) < 4.78 is 0. The van der Waals surface area contributed by atoms with Crippen LogP contribution in [0.3, 0.4) is 0 Å². The molecule has 0 aliphatic heterocycles. The van der Waals surface area contributed by atoms with E-state index in [0.29, 0.717) is 17.8 Å². The second-order valence-corrected chi connectivity index (χ2v) is 9.62. The van der Waals surface area contributed by atoms with Crippen LogP contribution in [0.5, 0.6) is 0 Å². The van der Waals surface area contributed by atoms with Crippen LogP contribution in [0.15, 0.2) is 42.5 Å². The summed E-state index contributed by atoms with van der Waals surface area (Å²) in [5.41, 5.74) is 4.37. The van der Waals surface area contributed by atoms with Crippen molar-refractivity contribution in [3.05, 3.63) is 59.2 Å². The first-order chi connectivity index (χ1) is 11.7. The largest absolute Gasteiger partial charge is 2.00 e. The molecule has 0 aliphatic carbocycles. The number of rotatable bonds is 3. The quantitative estimate of drug-likeness (QED) is 0.409. The average Bonchev–Trinajstić information content (AvgIpc) is 3.22. The molecule has 2 aromatic carbocycles. The molecule has 2 aromatic rings. The van der Waals surface area contributed by atoms with Crippen LogP contribution in [0, 0.1) is 0 Å². The van der Waals surface area contributed by atoms with E-state index in [4.69, 9.17) is 0 Å². The number of halogens is 2. The van der Waals surface area contributed by atoms with Gasteiger partial charge in [-0.25, -0.2) is 12.1 Å². The molecule has 2 rings (SSSR count). The van der Waals surface area contributed by atoms with Gasteiger partial charge in [0.25, 0.3) is 0 Å². The minimum absolute atomic E-state index is 0. The van der Waals surface area contributed by atoms with E-state index in [1.54, 1.807) is 0 Å². The van der Waals surface area contributed by atoms with Crippen molar-refractivity contribution in [2.75, 3.05) is 0 Å². The van der Waals surface area contributed by atoms with Gasteiger partial charge in [-0.05, 0) is 5.92 Å². The zero-order valence-corrected chi connectivity index (χ0v) is 26.0. The van der Waals surface area contributed by atoms with Gasteiger partial charge in [-0.1, -0.05) is 79.6 Å². The molecule has 0 atom stereocenters. The Morgan fingerprint density at radius 3 is 1.32 bits per heavy atom. The van der Waals surface area contributed by atoms with E-state index in [-0.39, 0.29) is 51.0 Å². The molecule has 2 radical (unpaired) electrons. The molecule has 0 saturated heterocycles. The molecule has 0 spiro atoms. The van der Waals surface area contributed by atoms with Gasteiger partial charge in [0, 0.05) is 19.0 Å². The molecule has 0 aliphatic rings. The first-order valence-electron chi connectivity index (χ1n) is 9.70. The van der Waals surface area contributed by atoms with Crippen molar-refractivity contribution in [2.24, 2.45) is 0 Å². The van der Waals surface area contributed by atoms with Gasteiger partial charge in [0.1, 0.15) is 0 Å². The normalized spacial score (nSPS) is 8.75. The maximum Gasteiger partial charge on any atom is 2.00 e. The SMILES string of the molecule is CC(C)c1c[cH-]c(C(C)C)c1.CC(C)c1cc[cH-]c1.C[SiH]C.C[SiH]C.[Cl-].[Cl-].[Zr+2]. The Hall–Kier alpha value is 0.597. The molecule has 5 heteroatoms. The molecule has 0 unspecified atom stereocenters. The molecule has 0 aromatic heterocycles. The van der Waals surface area contributed by atoms with Crippen molar-refractivity contribution in [1.82, 2.24) is 0 Å². The molecule has 162 valence electrons. The van der Waals surface area contributed by atoms with Gasteiger partial charge in [-0.3, -0.25) is 0 Å². The maximum absolute atomic E-state index is 2.31. The van der Waals surface area contributed by atoms with E-state index in [1.807, 2.05) is 0 Å². The fourth-order valence-electron chi connectivity index (χ4n) is 1.97. The molecule has 28 heavy (non-hydrogen) atoms. The van der Waals surface area contributed by atoms with E-state index >= 15 is 0 Å². The van der Waals surface area contributed by atoms with Gasteiger partial charge >= 0.3 is 26.2 Å². The summed E-state index contributed by atoms with van der Waals surface area (Å²) in [6.07, 6.45) is 0. The third-order valence-corrected chi connectivity index (χ3v) is 3.49. The van der Waals surface area contributed by atoms with Crippen LogP contribution in [0.4, 0.5) is 0 Å². The summed E-state index contributed by atoms with van der Waals surface area (Å²) in [7, 11) is 1.50. The molecule has 0 nitrogen and oxygen atoms in total. The van der Waals surface area contributed by atoms with Crippen LogP contribution in [-0.2, 0) is 26.2 Å². The van der Waals surface area contributed by atoms with Crippen LogP contribution in [0.2, 0.25) is 26.2 Å². The van der Waals surface area contributed by atoms with Gasteiger partial charge < -0.3 is 24.8 Å². The van der Waals surface area contributed by atoms with E-state index < -0.39 is 0 Å². The third-order valence-electron chi connectivity index (χ3n) is 3.49. The van der Waals surface area contributed by atoms with Crippen LogP contribution in [0.1, 0.15) is 76.0 Å². The van der Waals surface area contributed by atoms with Gasteiger partial charge in [-0.15, -0.1) is 0 Å². The minimum Gasteiger partial charge on any atom is -1.00 e. The van der Waals surface area contributed by atoms with Gasteiger partial charge in [-0.2, -0.15) is 47.0 Å². The van der Waals surface area contributed by atoms with Gasteiger partial charge in [0.15, 0.2) is 0 Å². The first-order valence-corrected chi connectivity index (χ1v) is 14.3. The fraction of sp³-hybridized carbons (Fsp3) is 0.565. The fourth-order valence-corrected chi connectivity index (χ4v) is 1.97. The number of hydrogen-bond donors (Lipinski definition) is 0. The first kappa shape index (κ1) is 39.1. The van der Waals surface area contributed by atoms with Crippen LogP contribution in [-0.4, -0.2) is 19.0 Å². The van der Waals surface area contributed by atoms with Crippen LogP contribution in [0.25, 0.3) is 0 Å². The average molecular weight is 537 g/mol. The summed E-state index contributed by atoms with van der Waals surface area (Å²) in [5.74, 6) is 2.02. The molecule has 0 heterocycles. The zero-order chi connectivity index (χ0) is 19.8. The van der Waals surface area contributed by atoms with E-state index in [2.05, 4.69) is 110 Å². The van der Waals surface area contributed by atoms with Crippen LogP contribution >= 0.6 is 0 Å². The van der Waals surface area contributed by atoms with E-state index in [0.717, 1.165) is 19.0 Å². The van der Waals surface area contributed by atoms with Crippen molar-refractivity contribution < 1.29 is 51.0 Å². The summed E-state index contributed by atoms with van der Waals surface area (Å²) in [6.45, 7) is 22.2. The van der Waals surface area contributed by atoms with Crippen molar-refractivity contribution in [1.29, 1.82) is 0 Å². The van der Waals surface area contributed by atoms with Gasteiger partial charge in [0.05, 0.1) is 0 Å². The Morgan fingerprint density at radius 1 is 0.714 bits per heavy atom. The van der Waals surface area contributed by atoms with Crippen molar-refractivity contribution in [3.63, 3.8) is 0 Å². The molecular weight excluding hydrogens is 495 g/mol.